The number of H-pyrrole nitrogens is 1. The second kappa shape index (κ2) is 6.40. The lowest BCUT2D eigenvalue weighted by molar-refractivity contribution is 0.597. The van der Waals surface area contributed by atoms with Crippen molar-refractivity contribution in [2.75, 3.05) is 5.73 Å². The monoisotopic (exact) mass is 380 g/mol. The van der Waals surface area contributed by atoms with E-state index in [9.17, 15) is 13.2 Å². The van der Waals surface area contributed by atoms with Gasteiger partial charge in [0.15, 0.2) is 0 Å². The van der Waals surface area contributed by atoms with E-state index in [1.165, 1.54) is 22.9 Å². The number of anilines is 1. The van der Waals surface area contributed by atoms with Gasteiger partial charge in [-0.3, -0.25) is 4.79 Å². The minimum atomic E-state index is -3.92. The summed E-state index contributed by atoms with van der Waals surface area (Å²) in [5.74, 6) is 0.0104. The molecule has 136 valence electrons. The molecule has 0 radical (unpaired) electrons. The number of nitrogens with one attached hydrogen (secondary N) is 1. The first-order chi connectivity index (χ1) is 13.0. The molecule has 0 saturated heterocycles. The molecule has 4 aromatic rings. The number of hydrogen-bond donors (Lipinski definition) is 2. The first kappa shape index (κ1) is 17.0. The Labute approximate surface area is 155 Å². The summed E-state index contributed by atoms with van der Waals surface area (Å²) in [6.07, 6.45) is 1.32. The van der Waals surface area contributed by atoms with Crippen LogP contribution >= 0.6 is 0 Å². The standard InChI is InChI=1S/C19H16N4O3S/c20-18-17(27(25,26)14-9-5-2-6-10-14)15-11-21-22-19(24)16(15)23(18)12-13-7-3-1-4-8-13/h1-11H,12,20H2,(H,22,24). The molecule has 0 aliphatic rings. The number of aromatic nitrogens is 3. The van der Waals surface area contributed by atoms with E-state index in [1.54, 1.807) is 18.2 Å². The maximum atomic E-state index is 13.2. The molecule has 0 spiro atoms. The molecule has 8 heteroatoms. The van der Waals surface area contributed by atoms with Crippen molar-refractivity contribution >= 4 is 26.6 Å². The number of hydrogen-bond acceptors (Lipinski definition) is 5. The molecule has 27 heavy (non-hydrogen) atoms. The average Bonchev–Trinajstić information content (AvgIpc) is 2.97. The van der Waals surface area contributed by atoms with Crippen LogP contribution in [0.15, 0.2) is 81.4 Å². The maximum Gasteiger partial charge on any atom is 0.288 e. The van der Waals surface area contributed by atoms with Crippen molar-refractivity contribution < 1.29 is 8.42 Å². The average molecular weight is 380 g/mol. The van der Waals surface area contributed by atoms with Gasteiger partial charge in [0.05, 0.1) is 11.1 Å². The molecule has 0 atom stereocenters. The van der Waals surface area contributed by atoms with Crippen LogP contribution in [0.3, 0.4) is 0 Å². The SMILES string of the molecule is Nc1c(S(=O)(=O)c2ccccc2)c2cn[nH]c(=O)c2n1Cc1ccccc1. The number of sulfone groups is 1. The van der Waals surface area contributed by atoms with Gasteiger partial charge >= 0.3 is 0 Å². The van der Waals surface area contributed by atoms with Crippen molar-refractivity contribution in [3.05, 3.63) is 82.8 Å². The van der Waals surface area contributed by atoms with E-state index in [0.717, 1.165) is 5.56 Å². The van der Waals surface area contributed by atoms with Gasteiger partial charge in [0.25, 0.3) is 5.56 Å². The van der Waals surface area contributed by atoms with Gasteiger partial charge in [0.2, 0.25) is 9.84 Å². The summed E-state index contributed by atoms with van der Waals surface area (Å²) in [5, 5.41) is 6.33. The Morgan fingerprint density at radius 3 is 2.30 bits per heavy atom. The van der Waals surface area contributed by atoms with Crippen LogP contribution in [-0.4, -0.2) is 23.2 Å². The summed E-state index contributed by atoms with van der Waals surface area (Å²) in [6.45, 7) is 0.264. The van der Waals surface area contributed by atoms with Crippen molar-refractivity contribution in [2.45, 2.75) is 16.3 Å². The molecule has 0 unspecified atom stereocenters. The fraction of sp³-hybridized carbons (Fsp3) is 0.0526. The highest BCUT2D eigenvalue weighted by molar-refractivity contribution is 7.92. The topological polar surface area (TPSA) is 111 Å². The third-order valence-electron chi connectivity index (χ3n) is 4.37. The second-order valence-electron chi connectivity index (χ2n) is 6.06. The van der Waals surface area contributed by atoms with Crippen LogP contribution in [0.4, 0.5) is 5.82 Å². The highest BCUT2D eigenvalue weighted by atomic mass is 32.2. The van der Waals surface area contributed by atoms with E-state index in [0.29, 0.717) is 0 Å². The zero-order valence-electron chi connectivity index (χ0n) is 14.2. The third kappa shape index (κ3) is 2.80. The molecule has 2 aromatic carbocycles. The number of nitrogens with zero attached hydrogens (tertiary/aromatic N) is 2. The van der Waals surface area contributed by atoms with E-state index in [-0.39, 0.29) is 33.1 Å². The van der Waals surface area contributed by atoms with Crippen LogP contribution in [0.5, 0.6) is 0 Å². The summed E-state index contributed by atoms with van der Waals surface area (Å²) in [6, 6.07) is 17.4. The zero-order chi connectivity index (χ0) is 19.0. The lowest BCUT2D eigenvalue weighted by atomic mass is 10.2. The molecule has 0 aliphatic heterocycles. The number of aromatic amines is 1. The fourth-order valence-electron chi connectivity index (χ4n) is 3.14. The minimum Gasteiger partial charge on any atom is -0.384 e. The number of nitrogens with two attached hydrogens (primary N) is 1. The molecular formula is C19H16N4O3S. The predicted octanol–water partition coefficient (Wildman–Crippen LogP) is 2.19. The Hall–Kier alpha value is -3.39. The van der Waals surface area contributed by atoms with Crippen LogP contribution in [0.2, 0.25) is 0 Å². The highest BCUT2D eigenvalue weighted by Gasteiger charge is 2.29. The lowest BCUT2D eigenvalue weighted by Gasteiger charge is -2.08. The summed E-state index contributed by atoms with van der Waals surface area (Å²) in [5.41, 5.74) is 6.83. The van der Waals surface area contributed by atoms with Gasteiger partial charge in [0.1, 0.15) is 16.2 Å². The molecule has 0 fully saturated rings. The van der Waals surface area contributed by atoms with Gasteiger partial charge in [-0.05, 0) is 17.7 Å². The van der Waals surface area contributed by atoms with Gasteiger partial charge in [-0.2, -0.15) is 5.10 Å². The van der Waals surface area contributed by atoms with E-state index in [2.05, 4.69) is 10.2 Å². The van der Waals surface area contributed by atoms with Crippen molar-refractivity contribution in [2.24, 2.45) is 0 Å². The number of rotatable bonds is 4. The van der Waals surface area contributed by atoms with Gasteiger partial charge in [-0.25, -0.2) is 13.5 Å². The Kier molecular flexibility index (Phi) is 4.04. The Bertz CT molecular complexity index is 1280. The third-order valence-corrected chi connectivity index (χ3v) is 6.23. The van der Waals surface area contributed by atoms with Gasteiger partial charge in [-0.1, -0.05) is 48.5 Å². The van der Waals surface area contributed by atoms with Gasteiger partial charge in [-0.15, -0.1) is 0 Å². The quantitative estimate of drug-likeness (QED) is 0.564. The molecule has 0 saturated carbocycles. The van der Waals surface area contributed by atoms with Crippen molar-refractivity contribution in [3.8, 4) is 0 Å². The smallest absolute Gasteiger partial charge is 0.288 e. The van der Waals surface area contributed by atoms with Crippen molar-refractivity contribution in [1.82, 2.24) is 14.8 Å². The molecule has 7 nitrogen and oxygen atoms in total. The fourth-order valence-corrected chi connectivity index (χ4v) is 4.71. The Morgan fingerprint density at radius 1 is 1.00 bits per heavy atom. The van der Waals surface area contributed by atoms with Crippen LogP contribution in [0.25, 0.3) is 10.9 Å². The molecule has 0 aliphatic carbocycles. The van der Waals surface area contributed by atoms with Gasteiger partial charge in [0, 0.05) is 11.9 Å². The normalized spacial score (nSPS) is 11.7. The summed E-state index contributed by atoms with van der Waals surface area (Å²) < 4.78 is 27.9. The number of benzene rings is 2. The van der Waals surface area contributed by atoms with E-state index in [1.807, 2.05) is 30.3 Å². The maximum absolute atomic E-state index is 13.2. The van der Waals surface area contributed by atoms with Crippen LogP contribution in [-0.2, 0) is 16.4 Å². The molecule has 0 amide bonds. The largest absolute Gasteiger partial charge is 0.384 e. The Balaban J connectivity index is 2.02. The Morgan fingerprint density at radius 2 is 1.63 bits per heavy atom. The van der Waals surface area contributed by atoms with Crippen molar-refractivity contribution in [1.29, 1.82) is 0 Å². The van der Waals surface area contributed by atoms with E-state index in [4.69, 9.17) is 5.73 Å². The first-order valence-electron chi connectivity index (χ1n) is 8.19. The van der Waals surface area contributed by atoms with E-state index >= 15 is 0 Å². The summed E-state index contributed by atoms with van der Waals surface area (Å²) >= 11 is 0. The first-order valence-corrected chi connectivity index (χ1v) is 9.68. The molecular weight excluding hydrogens is 364 g/mol. The predicted molar refractivity (Wildman–Crippen MR) is 102 cm³/mol. The van der Waals surface area contributed by atoms with Crippen LogP contribution in [0, 0.1) is 0 Å². The molecule has 4 rings (SSSR count). The van der Waals surface area contributed by atoms with E-state index < -0.39 is 15.4 Å². The molecule has 2 aromatic heterocycles. The minimum absolute atomic E-state index is 0.0104. The number of nitrogen functional groups attached to an aromatic ring is 1. The van der Waals surface area contributed by atoms with Crippen LogP contribution < -0.4 is 11.3 Å². The van der Waals surface area contributed by atoms with Crippen molar-refractivity contribution in [3.63, 3.8) is 0 Å². The van der Waals surface area contributed by atoms with Gasteiger partial charge < -0.3 is 10.3 Å². The molecule has 2 heterocycles. The summed E-state index contributed by atoms with van der Waals surface area (Å²) in [7, 11) is -3.92. The zero-order valence-corrected chi connectivity index (χ0v) is 15.0. The second-order valence-corrected chi connectivity index (χ2v) is 7.95. The molecule has 0 bridgehead atoms. The highest BCUT2D eigenvalue weighted by Crippen LogP contribution is 2.34. The molecule has 3 N–H and O–H groups in total. The van der Waals surface area contributed by atoms with Crippen LogP contribution in [0.1, 0.15) is 5.56 Å². The lowest BCUT2D eigenvalue weighted by Crippen LogP contribution is -2.14. The summed E-state index contributed by atoms with van der Waals surface area (Å²) in [4.78, 5) is 12.4. The number of fused-ring (bicyclic) bond motifs is 1.